The lowest BCUT2D eigenvalue weighted by atomic mass is 10.1. The Bertz CT molecular complexity index is 1810. The summed E-state index contributed by atoms with van der Waals surface area (Å²) in [5.74, 6) is 2.86. The molecule has 2 aromatic heterocycles. The molecule has 8 nitrogen and oxygen atoms in total. The monoisotopic (exact) mass is 674 g/mol. The number of pyridine rings is 1. The Morgan fingerprint density at radius 1 is 0.837 bits per heavy atom. The third kappa shape index (κ3) is 9.78. The molecule has 1 saturated heterocycles. The zero-order valence-corrected chi connectivity index (χ0v) is 29.1. The van der Waals surface area contributed by atoms with E-state index in [1.54, 1.807) is 41.4 Å². The lowest BCUT2D eigenvalue weighted by Crippen LogP contribution is -2.47. The van der Waals surface area contributed by atoms with Gasteiger partial charge in [0.15, 0.2) is 0 Å². The lowest BCUT2D eigenvalue weighted by molar-refractivity contribution is -0.127. The Hall–Kier alpha value is -4.99. The normalized spacial score (nSPS) is 13.5. The van der Waals surface area contributed by atoms with Crippen molar-refractivity contribution in [2.45, 2.75) is 40.3 Å². The SMILES string of the molecule is Cc1ccc(OCCc2ccc(CN3CCN(C(=O)/C=C/c4cc(C)c(Oc5ccc(OCc6cncs6)cn5)c(C)c4)CC3)cc2)cc1. The van der Waals surface area contributed by atoms with Gasteiger partial charge in [0, 0.05) is 57.5 Å². The summed E-state index contributed by atoms with van der Waals surface area (Å²) >= 11 is 1.55. The van der Waals surface area contributed by atoms with E-state index < -0.39 is 0 Å². The van der Waals surface area contributed by atoms with Crippen LogP contribution in [0.4, 0.5) is 0 Å². The molecule has 0 N–H and O–H groups in total. The van der Waals surface area contributed by atoms with Gasteiger partial charge in [-0.3, -0.25) is 14.7 Å². The van der Waals surface area contributed by atoms with Crippen LogP contribution < -0.4 is 14.2 Å². The maximum Gasteiger partial charge on any atom is 0.246 e. The number of benzene rings is 3. The molecular formula is C40H42N4O4S. The molecule has 0 spiro atoms. The second-order valence-corrected chi connectivity index (χ2v) is 13.3. The molecule has 0 bridgehead atoms. The average molecular weight is 675 g/mol. The molecule has 1 aliphatic heterocycles. The van der Waals surface area contributed by atoms with Gasteiger partial charge in [-0.25, -0.2) is 4.98 Å². The zero-order valence-electron chi connectivity index (χ0n) is 28.3. The van der Waals surface area contributed by atoms with Crippen molar-refractivity contribution in [1.82, 2.24) is 19.8 Å². The van der Waals surface area contributed by atoms with E-state index in [1.165, 1.54) is 16.7 Å². The van der Waals surface area contributed by atoms with Crippen molar-refractivity contribution in [2.75, 3.05) is 32.8 Å². The van der Waals surface area contributed by atoms with E-state index >= 15 is 0 Å². The van der Waals surface area contributed by atoms with Gasteiger partial charge in [0.05, 0.1) is 23.2 Å². The molecule has 3 heterocycles. The van der Waals surface area contributed by atoms with Gasteiger partial charge >= 0.3 is 0 Å². The van der Waals surface area contributed by atoms with Crippen LogP contribution in [-0.2, 0) is 24.4 Å². The number of carbonyl (C=O) groups excluding carboxylic acids is 1. The number of hydrogen-bond acceptors (Lipinski definition) is 8. The summed E-state index contributed by atoms with van der Waals surface area (Å²) < 4.78 is 17.8. The molecule has 0 atom stereocenters. The zero-order chi connectivity index (χ0) is 34.0. The largest absolute Gasteiger partial charge is 0.493 e. The number of hydrogen-bond donors (Lipinski definition) is 0. The predicted octanol–water partition coefficient (Wildman–Crippen LogP) is 7.81. The first-order chi connectivity index (χ1) is 23.9. The molecule has 6 rings (SSSR count). The van der Waals surface area contributed by atoms with Gasteiger partial charge in [0.25, 0.3) is 0 Å². The molecule has 1 amide bonds. The van der Waals surface area contributed by atoms with Crippen LogP contribution in [-0.4, -0.2) is 58.5 Å². The molecule has 252 valence electrons. The molecular weight excluding hydrogens is 633 g/mol. The van der Waals surface area contributed by atoms with E-state index in [-0.39, 0.29) is 5.91 Å². The van der Waals surface area contributed by atoms with Crippen LogP contribution in [0.5, 0.6) is 23.1 Å². The second kappa shape index (κ2) is 16.4. The fourth-order valence-corrected chi connectivity index (χ4v) is 6.22. The van der Waals surface area contributed by atoms with Gasteiger partial charge in [0.1, 0.15) is 23.9 Å². The number of amides is 1. The van der Waals surface area contributed by atoms with Crippen LogP contribution in [0.2, 0.25) is 0 Å². The molecule has 3 aromatic carbocycles. The first-order valence-electron chi connectivity index (χ1n) is 16.6. The highest BCUT2D eigenvalue weighted by atomic mass is 32.1. The van der Waals surface area contributed by atoms with Crippen molar-refractivity contribution in [2.24, 2.45) is 0 Å². The second-order valence-electron chi connectivity index (χ2n) is 12.3. The summed E-state index contributed by atoms with van der Waals surface area (Å²) in [6.45, 7) is 11.2. The summed E-state index contributed by atoms with van der Waals surface area (Å²) in [6.07, 6.45) is 7.90. The van der Waals surface area contributed by atoms with Crippen LogP contribution in [0, 0.1) is 20.8 Å². The lowest BCUT2D eigenvalue weighted by Gasteiger charge is -2.34. The van der Waals surface area contributed by atoms with Gasteiger partial charge in [0.2, 0.25) is 11.8 Å². The van der Waals surface area contributed by atoms with E-state index in [4.69, 9.17) is 14.2 Å². The Morgan fingerprint density at radius 3 is 2.22 bits per heavy atom. The number of carbonyl (C=O) groups is 1. The molecule has 9 heteroatoms. The average Bonchev–Trinajstić information content (AvgIpc) is 3.64. The third-order valence-corrected chi connectivity index (χ3v) is 9.23. The first-order valence-corrected chi connectivity index (χ1v) is 17.5. The van der Waals surface area contributed by atoms with Crippen LogP contribution in [0.25, 0.3) is 6.08 Å². The van der Waals surface area contributed by atoms with Crippen molar-refractivity contribution < 1.29 is 19.0 Å². The Morgan fingerprint density at radius 2 is 1.55 bits per heavy atom. The smallest absolute Gasteiger partial charge is 0.246 e. The van der Waals surface area contributed by atoms with E-state index in [2.05, 4.69) is 58.2 Å². The molecule has 49 heavy (non-hydrogen) atoms. The summed E-state index contributed by atoms with van der Waals surface area (Å²) in [5, 5.41) is 0. The first kappa shape index (κ1) is 33.9. The number of rotatable bonds is 13. The highest BCUT2D eigenvalue weighted by molar-refractivity contribution is 7.09. The molecule has 0 unspecified atom stereocenters. The number of ether oxygens (including phenoxy) is 3. The van der Waals surface area contributed by atoms with E-state index in [0.29, 0.717) is 37.9 Å². The van der Waals surface area contributed by atoms with Gasteiger partial charge < -0.3 is 19.1 Å². The molecule has 1 fully saturated rings. The number of thiazole rings is 1. The van der Waals surface area contributed by atoms with Gasteiger partial charge in [-0.2, -0.15) is 0 Å². The predicted molar refractivity (Wildman–Crippen MR) is 194 cm³/mol. The van der Waals surface area contributed by atoms with Gasteiger partial charge in [-0.1, -0.05) is 42.0 Å². The summed E-state index contributed by atoms with van der Waals surface area (Å²) in [4.78, 5) is 26.9. The van der Waals surface area contributed by atoms with E-state index in [1.807, 2.05) is 55.2 Å². The molecule has 0 aliphatic carbocycles. The van der Waals surface area contributed by atoms with Crippen molar-refractivity contribution in [1.29, 1.82) is 0 Å². The van der Waals surface area contributed by atoms with Crippen molar-refractivity contribution in [3.63, 3.8) is 0 Å². The minimum atomic E-state index is 0.0364. The van der Waals surface area contributed by atoms with Crippen molar-refractivity contribution in [3.8, 4) is 23.1 Å². The summed E-state index contributed by atoms with van der Waals surface area (Å²) in [5.41, 5.74) is 8.46. The van der Waals surface area contributed by atoms with E-state index in [0.717, 1.165) is 59.1 Å². The molecule has 0 saturated carbocycles. The van der Waals surface area contributed by atoms with Gasteiger partial charge in [-0.15, -0.1) is 11.3 Å². The van der Waals surface area contributed by atoms with Crippen LogP contribution in [0.3, 0.4) is 0 Å². The highest BCUT2D eigenvalue weighted by Gasteiger charge is 2.20. The quantitative estimate of drug-likeness (QED) is 0.118. The highest BCUT2D eigenvalue weighted by Crippen LogP contribution is 2.30. The van der Waals surface area contributed by atoms with Gasteiger partial charge in [-0.05, 0) is 85.0 Å². The number of nitrogens with zero attached hydrogens (tertiary/aromatic N) is 4. The Labute approximate surface area is 292 Å². The number of aryl methyl sites for hydroxylation is 3. The minimum Gasteiger partial charge on any atom is -0.493 e. The summed E-state index contributed by atoms with van der Waals surface area (Å²) in [7, 11) is 0. The maximum atomic E-state index is 13.0. The fraction of sp³-hybridized carbons (Fsp3) is 0.275. The maximum absolute atomic E-state index is 13.0. The third-order valence-electron chi connectivity index (χ3n) is 8.47. The fourth-order valence-electron chi connectivity index (χ4n) is 5.72. The van der Waals surface area contributed by atoms with Crippen LogP contribution in [0.1, 0.15) is 38.3 Å². The van der Waals surface area contributed by atoms with Crippen molar-refractivity contribution >= 4 is 23.3 Å². The number of aromatic nitrogens is 2. The van der Waals surface area contributed by atoms with Crippen LogP contribution in [0.15, 0.2) is 96.8 Å². The van der Waals surface area contributed by atoms with Crippen LogP contribution >= 0.6 is 11.3 Å². The van der Waals surface area contributed by atoms with E-state index in [9.17, 15) is 4.79 Å². The molecule has 1 aliphatic rings. The number of piperazine rings is 1. The topological polar surface area (TPSA) is 77.0 Å². The molecule has 0 radical (unpaired) electrons. The Kier molecular flexibility index (Phi) is 11.4. The molecule has 5 aromatic rings. The minimum absolute atomic E-state index is 0.0364. The Balaban J connectivity index is 0.933. The van der Waals surface area contributed by atoms with Crippen molar-refractivity contribution in [3.05, 3.63) is 135 Å². The standard InChI is InChI=1S/C40H42N4O4S/c1-29-4-11-35(12-5-29)46-21-16-32-6-8-33(9-7-32)26-43-17-19-44(20-18-43)39(45)15-10-34-22-30(2)40(31(3)23-34)48-38-14-13-36(24-42-38)47-27-37-25-41-28-49-37/h4-15,22-25,28H,16-21,26-27H2,1-3H3/b15-10+. The summed E-state index contributed by atoms with van der Waals surface area (Å²) in [6, 6.07) is 24.7.